The predicted octanol–water partition coefficient (Wildman–Crippen LogP) is 4.80. The predicted molar refractivity (Wildman–Crippen MR) is 115 cm³/mol. The van der Waals surface area contributed by atoms with E-state index in [0.29, 0.717) is 5.56 Å². The van der Waals surface area contributed by atoms with E-state index in [0.717, 1.165) is 17.8 Å². The largest absolute Gasteiger partial charge is 0.480 e. The molecule has 8 nitrogen and oxygen atoms in total. The van der Waals surface area contributed by atoms with E-state index in [2.05, 4.69) is 26.2 Å². The molecule has 12 heteroatoms. The number of hydrogen-bond donors (Lipinski definition) is 2. The number of carbonyl (C=O) groups is 2. The van der Waals surface area contributed by atoms with Crippen LogP contribution < -0.4 is 5.32 Å². The van der Waals surface area contributed by atoms with Crippen molar-refractivity contribution in [2.45, 2.75) is 4.83 Å². The van der Waals surface area contributed by atoms with Gasteiger partial charge in [-0.05, 0) is 41.6 Å². The van der Waals surface area contributed by atoms with Crippen LogP contribution in [-0.2, 0) is 9.59 Å². The van der Waals surface area contributed by atoms with Crippen molar-refractivity contribution in [1.82, 2.24) is 5.32 Å². The minimum absolute atomic E-state index is 0.0213. The lowest BCUT2D eigenvalue weighted by molar-refractivity contribution is -0.384. The average molecular weight is 515 g/mol. The first-order chi connectivity index (χ1) is 14.2. The number of nitrogens with one attached hydrogen (secondary N) is 1. The fourth-order valence-corrected chi connectivity index (χ4v) is 3.83. The Morgan fingerprint density at radius 1 is 1.37 bits per heavy atom. The number of nitro benzene ring substituents is 1. The number of carboxylic acids is 1. The Morgan fingerprint density at radius 2 is 2.10 bits per heavy atom. The van der Waals surface area contributed by atoms with Gasteiger partial charge in [-0.25, -0.2) is 9.38 Å². The van der Waals surface area contributed by atoms with Gasteiger partial charge in [-0.3, -0.25) is 19.7 Å². The van der Waals surface area contributed by atoms with Crippen molar-refractivity contribution >= 4 is 73.8 Å². The number of nitro groups is 1. The van der Waals surface area contributed by atoms with Crippen LogP contribution in [0.4, 0.5) is 15.8 Å². The van der Waals surface area contributed by atoms with Crippen LogP contribution in [0.5, 0.6) is 0 Å². The Morgan fingerprint density at radius 3 is 2.73 bits per heavy atom. The van der Waals surface area contributed by atoms with Crippen LogP contribution in [0.25, 0.3) is 6.08 Å². The molecule has 1 unspecified atom stereocenters. The Hall–Kier alpha value is -2.76. The van der Waals surface area contributed by atoms with E-state index < -0.39 is 27.4 Å². The molecular weight excluding hydrogens is 505 g/mol. The van der Waals surface area contributed by atoms with E-state index in [1.54, 1.807) is 0 Å². The van der Waals surface area contributed by atoms with Crippen molar-refractivity contribution in [3.63, 3.8) is 0 Å². The highest BCUT2D eigenvalue weighted by Crippen LogP contribution is 2.32. The summed E-state index contributed by atoms with van der Waals surface area (Å²) in [5.74, 6) is -2.47. The molecule has 1 atom stereocenters. The summed E-state index contributed by atoms with van der Waals surface area (Å²) in [4.78, 5) is 36.7. The molecule has 0 aromatic heterocycles. The maximum Gasteiger partial charge on any atom is 0.321 e. The minimum Gasteiger partial charge on any atom is -0.480 e. The summed E-state index contributed by atoms with van der Waals surface area (Å²) in [6.07, 6.45) is 1.44. The van der Waals surface area contributed by atoms with Crippen molar-refractivity contribution in [1.29, 1.82) is 0 Å². The highest BCUT2D eigenvalue weighted by atomic mass is 79.9. The lowest BCUT2D eigenvalue weighted by atomic mass is 10.1. The second kappa shape index (κ2) is 8.94. The van der Waals surface area contributed by atoms with Crippen LogP contribution in [0.15, 0.2) is 46.3 Å². The first-order valence-corrected chi connectivity index (χ1v) is 10.2. The van der Waals surface area contributed by atoms with Gasteiger partial charge in [0.15, 0.2) is 5.17 Å². The number of nitrogens with zero attached hydrogens (tertiary/aromatic N) is 2. The zero-order chi connectivity index (χ0) is 22.0. The van der Waals surface area contributed by atoms with Crippen molar-refractivity contribution in [2.75, 3.05) is 0 Å². The molecule has 1 aliphatic rings. The standard InChI is InChI=1S/C18H10BrClFN3O5S/c19-15(17(26)27)10-3-2-9(7-12(10)21)22-18-23-16(25)14(30-18)6-8-1-4-11(20)13(5-8)24(28)29/h1-7,15H,(H,26,27)(H,22,23,25)/b14-6+. The summed E-state index contributed by atoms with van der Waals surface area (Å²) in [7, 11) is 0. The number of halogens is 3. The van der Waals surface area contributed by atoms with Gasteiger partial charge in [0.05, 0.1) is 15.5 Å². The van der Waals surface area contributed by atoms with Gasteiger partial charge in [-0.15, -0.1) is 0 Å². The summed E-state index contributed by atoms with van der Waals surface area (Å²) in [5.41, 5.74) is 0.231. The van der Waals surface area contributed by atoms with Gasteiger partial charge in [0.25, 0.3) is 11.6 Å². The number of rotatable bonds is 5. The Balaban J connectivity index is 1.84. The van der Waals surface area contributed by atoms with Crippen LogP contribution in [-0.4, -0.2) is 27.1 Å². The molecule has 3 rings (SSSR count). The zero-order valence-corrected chi connectivity index (χ0v) is 17.8. The maximum atomic E-state index is 14.2. The highest BCUT2D eigenvalue weighted by Gasteiger charge is 2.25. The second-order valence-corrected chi connectivity index (χ2v) is 8.21. The van der Waals surface area contributed by atoms with Gasteiger partial charge in [-0.2, -0.15) is 0 Å². The Kier molecular flexibility index (Phi) is 6.54. The van der Waals surface area contributed by atoms with E-state index in [9.17, 15) is 24.1 Å². The van der Waals surface area contributed by atoms with Crippen LogP contribution in [0.3, 0.4) is 0 Å². The van der Waals surface area contributed by atoms with Gasteiger partial charge in [-0.1, -0.05) is 39.7 Å². The van der Waals surface area contributed by atoms with E-state index >= 15 is 0 Å². The van der Waals surface area contributed by atoms with Crippen LogP contribution in [0.2, 0.25) is 5.02 Å². The third-order valence-electron chi connectivity index (χ3n) is 3.82. The molecule has 1 saturated heterocycles. The molecule has 154 valence electrons. The van der Waals surface area contributed by atoms with E-state index in [1.807, 2.05) is 0 Å². The lowest BCUT2D eigenvalue weighted by Gasteiger charge is -2.07. The molecule has 1 aliphatic heterocycles. The first-order valence-electron chi connectivity index (χ1n) is 8.05. The number of thioether (sulfide) groups is 1. The fraction of sp³-hybridized carbons (Fsp3) is 0.0556. The van der Waals surface area contributed by atoms with Gasteiger partial charge in [0.1, 0.15) is 15.7 Å². The lowest BCUT2D eigenvalue weighted by Crippen LogP contribution is -2.19. The smallest absolute Gasteiger partial charge is 0.321 e. The van der Waals surface area contributed by atoms with E-state index in [4.69, 9.17) is 16.7 Å². The molecule has 0 aliphatic carbocycles. The minimum atomic E-state index is -1.23. The molecule has 0 spiro atoms. The molecule has 1 heterocycles. The Labute approximate surface area is 186 Å². The molecule has 2 N–H and O–H groups in total. The molecule has 2 aromatic carbocycles. The fourth-order valence-electron chi connectivity index (χ4n) is 2.43. The van der Waals surface area contributed by atoms with Gasteiger partial charge in [0, 0.05) is 11.6 Å². The van der Waals surface area contributed by atoms with Crippen molar-refractivity contribution in [3.05, 3.63) is 73.4 Å². The molecule has 0 bridgehead atoms. The number of carbonyl (C=O) groups excluding carboxylic acids is 1. The van der Waals surface area contributed by atoms with Crippen molar-refractivity contribution in [3.8, 4) is 0 Å². The van der Waals surface area contributed by atoms with E-state index in [-0.39, 0.29) is 32.0 Å². The van der Waals surface area contributed by atoms with Crippen LogP contribution in [0.1, 0.15) is 16.0 Å². The number of aliphatic carboxylic acids is 1. The summed E-state index contributed by atoms with van der Waals surface area (Å²) in [5, 5.41) is 22.6. The number of amidine groups is 1. The average Bonchev–Trinajstić information content (AvgIpc) is 3.01. The normalized spacial score (nSPS) is 17.2. The third kappa shape index (κ3) is 4.86. The monoisotopic (exact) mass is 513 g/mol. The van der Waals surface area contributed by atoms with Crippen LogP contribution in [0, 0.1) is 15.9 Å². The number of hydrogen-bond acceptors (Lipinski definition) is 6. The van der Waals surface area contributed by atoms with Crippen molar-refractivity contribution < 1.29 is 24.0 Å². The molecule has 0 saturated carbocycles. The van der Waals surface area contributed by atoms with Crippen molar-refractivity contribution in [2.24, 2.45) is 4.99 Å². The summed E-state index contributed by atoms with van der Waals surface area (Å²) in [6, 6.07) is 7.88. The number of aliphatic imine (C=N–C) groups is 1. The topological polar surface area (TPSA) is 122 Å². The summed E-state index contributed by atoms with van der Waals surface area (Å²) < 4.78 is 14.2. The number of alkyl halides is 1. The highest BCUT2D eigenvalue weighted by molar-refractivity contribution is 9.09. The SMILES string of the molecule is O=C1NC(=Nc2ccc(C(Br)C(=O)O)c(F)c2)S/C1=C/c1ccc(Cl)c([N+](=O)[O-])c1. The molecular formula is C18H10BrClFN3O5S. The second-order valence-electron chi connectivity index (χ2n) is 5.86. The zero-order valence-electron chi connectivity index (χ0n) is 14.6. The van der Waals surface area contributed by atoms with E-state index in [1.165, 1.54) is 36.4 Å². The summed E-state index contributed by atoms with van der Waals surface area (Å²) >= 11 is 9.63. The first kappa shape index (κ1) is 21.9. The molecule has 0 radical (unpaired) electrons. The van der Waals surface area contributed by atoms with Gasteiger partial charge < -0.3 is 10.4 Å². The van der Waals surface area contributed by atoms with Gasteiger partial charge in [0.2, 0.25) is 0 Å². The number of carboxylic acid groups (broad SMARTS) is 1. The molecule has 1 amide bonds. The Bertz CT molecular complexity index is 1140. The number of amides is 1. The molecule has 2 aromatic rings. The quantitative estimate of drug-likeness (QED) is 0.256. The maximum absolute atomic E-state index is 14.2. The summed E-state index contributed by atoms with van der Waals surface area (Å²) in [6.45, 7) is 0. The van der Waals surface area contributed by atoms with Gasteiger partial charge >= 0.3 is 5.97 Å². The number of benzene rings is 2. The molecule has 1 fully saturated rings. The third-order valence-corrected chi connectivity index (χ3v) is 5.93. The molecule has 30 heavy (non-hydrogen) atoms. The van der Waals surface area contributed by atoms with Crippen LogP contribution >= 0.6 is 39.3 Å².